The van der Waals surface area contributed by atoms with Crippen molar-refractivity contribution in [3.05, 3.63) is 35.4 Å². The minimum Gasteiger partial charge on any atom is -0.465 e. The highest BCUT2D eigenvalue weighted by Gasteiger charge is 2.21. The number of hydrogen-bond donors (Lipinski definition) is 0. The predicted molar refractivity (Wildman–Crippen MR) is 47.6 cm³/mol. The largest absolute Gasteiger partial charge is 0.465 e. The van der Waals surface area contributed by atoms with Gasteiger partial charge < -0.3 is 4.74 Å². The van der Waals surface area contributed by atoms with E-state index in [1.807, 2.05) is 0 Å². The summed E-state index contributed by atoms with van der Waals surface area (Å²) >= 11 is 0. The summed E-state index contributed by atoms with van der Waals surface area (Å²) in [4.78, 5) is 11.0. The van der Waals surface area contributed by atoms with Crippen LogP contribution >= 0.6 is 0 Å². The number of carbonyl (C=O) groups is 1. The van der Waals surface area contributed by atoms with E-state index >= 15 is 0 Å². The molecule has 0 radical (unpaired) electrons. The molecule has 1 atom stereocenters. The molecule has 0 aliphatic heterocycles. The van der Waals surface area contributed by atoms with E-state index in [4.69, 9.17) is 0 Å². The summed E-state index contributed by atoms with van der Waals surface area (Å²) in [7, 11) is 1.20. The van der Waals surface area contributed by atoms with Gasteiger partial charge in [0.15, 0.2) is 6.17 Å². The van der Waals surface area contributed by atoms with Crippen LogP contribution in [0.2, 0.25) is 0 Å². The monoisotopic (exact) mass is 218 g/mol. The number of benzene rings is 1. The van der Waals surface area contributed by atoms with Gasteiger partial charge in [-0.2, -0.15) is 0 Å². The molecular formula is C10H9F3O2. The molecule has 82 valence electrons. The number of hydrogen-bond acceptors (Lipinski definition) is 2. The van der Waals surface area contributed by atoms with E-state index in [2.05, 4.69) is 4.74 Å². The summed E-state index contributed by atoms with van der Waals surface area (Å²) in [6.07, 6.45) is -5.38. The van der Waals surface area contributed by atoms with E-state index in [0.29, 0.717) is 0 Å². The van der Waals surface area contributed by atoms with E-state index < -0.39 is 18.6 Å². The van der Waals surface area contributed by atoms with Crippen LogP contribution in [0.4, 0.5) is 13.2 Å². The maximum atomic E-state index is 12.8. The predicted octanol–water partition coefficient (Wildman–Crippen LogP) is 2.75. The number of esters is 1. The first-order chi connectivity index (χ1) is 7.06. The molecule has 0 saturated heterocycles. The van der Waals surface area contributed by atoms with Crippen LogP contribution in [0.15, 0.2) is 24.3 Å². The van der Waals surface area contributed by atoms with Crippen LogP contribution in [0.5, 0.6) is 0 Å². The number of methoxy groups -OCH3 is 1. The summed E-state index contributed by atoms with van der Waals surface area (Å²) in [6.45, 7) is 0. The normalized spacial score (nSPS) is 12.6. The van der Waals surface area contributed by atoms with Crippen LogP contribution < -0.4 is 0 Å². The van der Waals surface area contributed by atoms with E-state index in [9.17, 15) is 18.0 Å². The van der Waals surface area contributed by atoms with Crippen molar-refractivity contribution < 1.29 is 22.7 Å². The zero-order valence-electron chi connectivity index (χ0n) is 7.91. The van der Waals surface area contributed by atoms with Crippen molar-refractivity contribution in [1.82, 2.24) is 0 Å². The quantitative estimate of drug-likeness (QED) is 0.729. The Bertz CT molecular complexity index is 335. The third kappa shape index (κ3) is 2.71. The molecule has 1 aromatic rings. The van der Waals surface area contributed by atoms with E-state index in [1.54, 1.807) is 0 Å². The van der Waals surface area contributed by atoms with Crippen molar-refractivity contribution in [3.8, 4) is 0 Å². The maximum absolute atomic E-state index is 12.8. The summed E-state index contributed by atoms with van der Waals surface area (Å²) in [5.74, 6) is -0.589. The number of alkyl halides is 3. The number of halogens is 3. The van der Waals surface area contributed by atoms with Gasteiger partial charge in [-0.3, -0.25) is 0 Å². The molecule has 1 aromatic carbocycles. The van der Waals surface area contributed by atoms with Gasteiger partial charge in [0.25, 0.3) is 6.43 Å². The molecule has 0 bridgehead atoms. The fourth-order valence-electron chi connectivity index (χ4n) is 1.07. The van der Waals surface area contributed by atoms with E-state index in [-0.39, 0.29) is 11.1 Å². The van der Waals surface area contributed by atoms with Gasteiger partial charge >= 0.3 is 5.97 Å². The first-order valence-electron chi connectivity index (χ1n) is 4.16. The average molecular weight is 218 g/mol. The smallest absolute Gasteiger partial charge is 0.337 e. The van der Waals surface area contributed by atoms with Crippen molar-refractivity contribution in [2.75, 3.05) is 7.11 Å². The summed E-state index contributed by atoms with van der Waals surface area (Å²) in [5, 5.41) is 0. The third-order valence-corrected chi connectivity index (χ3v) is 1.87. The molecule has 0 fully saturated rings. The molecule has 2 nitrogen and oxygen atoms in total. The van der Waals surface area contributed by atoms with Crippen LogP contribution in [0.3, 0.4) is 0 Å². The Balaban J connectivity index is 2.85. The lowest BCUT2D eigenvalue weighted by Crippen LogP contribution is -2.05. The maximum Gasteiger partial charge on any atom is 0.337 e. The Morgan fingerprint density at radius 2 is 1.73 bits per heavy atom. The lowest BCUT2D eigenvalue weighted by atomic mass is 10.1. The Labute approximate surface area is 84.7 Å². The van der Waals surface area contributed by atoms with Crippen LogP contribution in [0, 0.1) is 0 Å². The van der Waals surface area contributed by atoms with Crippen molar-refractivity contribution in [2.45, 2.75) is 12.6 Å². The van der Waals surface area contributed by atoms with Gasteiger partial charge in [0.2, 0.25) is 0 Å². The third-order valence-electron chi connectivity index (χ3n) is 1.87. The minimum absolute atomic E-state index is 0.155. The van der Waals surface area contributed by atoms with Crippen LogP contribution in [-0.2, 0) is 4.74 Å². The van der Waals surface area contributed by atoms with Gasteiger partial charge in [0, 0.05) is 0 Å². The SMILES string of the molecule is COC(=O)c1ccc(C(F)C(F)F)cc1. The molecule has 0 aromatic heterocycles. The molecule has 0 saturated carbocycles. The highest BCUT2D eigenvalue weighted by atomic mass is 19.3. The van der Waals surface area contributed by atoms with Gasteiger partial charge in [-0.25, -0.2) is 18.0 Å². The van der Waals surface area contributed by atoms with Crippen molar-refractivity contribution >= 4 is 5.97 Å². The number of rotatable bonds is 3. The van der Waals surface area contributed by atoms with Crippen LogP contribution in [0.1, 0.15) is 22.1 Å². The zero-order valence-corrected chi connectivity index (χ0v) is 7.91. The molecule has 0 aliphatic carbocycles. The molecule has 15 heavy (non-hydrogen) atoms. The molecule has 1 unspecified atom stereocenters. The minimum atomic E-state index is -3.06. The average Bonchev–Trinajstić information content (AvgIpc) is 2.27. The first kappa shape index (κ1) is 11.6. The lowest BCUT2D eigenvalue weighted by Gasteiger charge is -2.07. The fraction of sp³-hybridized carbons (Fsp3) is 0.300. The molecule has 5 heteroatoms. The van der Waals surface area contributed by atoms with Crippen molar-refractivity contribution in [2.24, 2.45) is 0 Å². The molecule has 0 spiro atoms. The second-order valence-corrected chi connectivity index (χ2v) is 2.85. The second kappa shape index (κ2) is 4.82. The highest BCUT2D eigenvalue weighted by molar-refractivity contribution is 5.89. The van der Waals surface area contributed by atoms with Gasteiger partial charge in [-0.1, -0.05) is 12.1 Å². The van der Waals surface area contributed by atoms with Gasteiger partial charge in [-0.05, 0) is 17.7 Å². The molecule has 0 N–H and O–H groups in total. The van der Waals surface area contributed by atoms with Gasteiger partial charge in [0.1, 0.15) is 0 Å². The van der Waals surface area contributed by atoms with E-state index in [1.165, 1.54) is 19.2 Å². The number of carbonyl (C=O) groups excluding carboxylic acids is 1. The summed E-state index contributed by atoms with van der Waals surface area (Å²) < 4.78 is 41.2. The molecule has 0 amide bonds. The summed E-state index contributed by atoms with van der Waals surface area (Å²) in [6, 6.07) is 4.78. The van der Waals surface area contributed by atoms with Gasteiger partial charge in [-0.15, -0.1) is 0 Å². The number of ether oxygens (including phenoxy) is 1. The van der Waals surface area contributed by atoms with Crippen LogP contribution in [0.25, 0.3) is 0 Å². The zero-order chi connectivity index (χ0) is 11.4. The molecule has 0 aliphatic rings. The van der Waals surface area contributed by atoms with Gasteiger partial charge in [0.05, 0.1) is 12.7 Å². The first-order valence-corrected chi connectivity index (χ1v) is 4.16. The van der Waals surface area contributed by atoms with Crippen molar-refractivity contribution in [1.29, 1.82) is 0 Å². The molecular weight excluding hydrogens is 209 g/mol. The standard InChI is InChI=1S/C10H9F3O2/c1-15-10(14)7-4-2-6(3-5-7)8(11)9(12)13/h2-5,8-9H,1H3. The fourth-order valence-corrected chi connectivity index (χ4v) is 1.07. The van der Waals surface area contributed by atoms with Crippen LogP contribution in [-0.4, -0.2) is 19.5 Å². The topological polar surface area (TPSA) is 26.3 Å². The Morgan fingerprint density at radius 3 is 2.13 bits per heavy atom. The molecule has 0 heterocycles. The highest BCUT2D eigenvalue weighted by Crippen LogP contribution is 2.24. The van der Waals surface area contributed by atoms with Crippen molar-refractivity contribution in [3.63, 3.8) is 0 Å². The van der Waals surface area contributed by atoms with E-state index in [0.717, 1.165) is 12.1 Å². The lowest BCUT2D eigenvalue weighted by molar-refractivity contribution is 0.0495. The Hall–Kier alpha value is -1.52. The molecule has 1 rings (SSSR count). The Kier molecular flexibility index (Phi) is 3.71. The Morgan fingerprint density at radius 1 is 1.20 bits per heavy atom. The second-order valence-electron chi connectivity index (χ2n) is 2.85. The summed E-state index contributed by atoms with van der Waals surface area (Å²) in [5.41, 5.74) is 0.0420.